The highest BCUT2D eigenvalue weighted by atomic mass is 19.1. The molecule has 5 nitrogen and oxygen atoms in total. The quantitative estimate of drug-likeness (QED) is 0.741. The van der Waals surface area contributed by atoms with Gasteiger partial charge in [-0.3, -0.25) is 0 Å². The molecule has 0 aromatic carbocycles. The molecule has 0 N–H and O–H groups in total. The average molecular weight is 275 g/mol. The Kier molecular flexibility index (Phi) is 5.14. The Morgan fingerprint density at radius 2 is 2.05 bits per heavy atom. The monoisotopic (exact) mass is 275 g/mol. The number of alkyl halides is 1. The Labute approximate surface area is 113 Å². The fourth-order valence-electron chi connectivity index (χ4n) is 2.10. The number of carbonyl (C=O) groups excluding carboxylic acids is 2. The SMILES string of the molecule is COC(=O)C(F)C[C@@H]1CCCN1C(=O)OC(C)(C)C. The van der Waals surface area contributed by atoms with E-state index in [0.717, 1.165) is 13.5 Å². The van der Waals surface area contributed by atoms with Crippen molar-refractivity contribution in [3.8, 4) is 0 Å². The van der Waals surface area contributed by atoms with Crippen LogP contribution < -0.4 is 0 Å². The molecule has 1 fully saturated rings. The molecule has 0 radical (unpaired) electrons. The van der Waals surface area contributed by atoms with Crippen molar-refractivity contribution >= 4 is 12.1 Å². The highest BCUT2D eigenvalue weighted by Gasteiger charge is 2.35. The number of hydrogen-bond acceptors (Lipinski definition) is 4. The van der Waals surface area contributed by atoms with Gasteiger partial charge < -0.3 is 14.4 Å². The lowest BCUT2D eigenvalue weighted by Gasteiger charge is -2.28. The minimum atomic E-state index is -1.70. The summed E-state index contributed by atoms with van der Waals surface area (Å²) in [5, 5.41) is 0. The van der Waals surface area contributed by atoms with Crippen molar-refractivity contribution in [2.75, 3.05) is 13.7 Å². The minimum Gasteiger partial charge on any atom is -0.467 e. The molecule has 2 atom stereocenters. The van der Waals surface area contributed by atoms with Crippen LogP contribution in [0.3, 0.4) is 0 Å². The Bertz CT molecular complexity index is 340. The summed E-state index contributed by atoms with van der Waals surface area (Å²) in [6.45, 7) is 5.88. The number of amides is 1. The third-order valence-electron chi connectivity index (χ3n) is 2.94. The lowest BCUT2D eigenvalue weighted by atomic mass is 10.1. The Morgan fingerprint density at radius 3 is 2.58 bits per heavy atom. The Balaban J connectivity index is 2.59. The van der Waals surface area contributed by atoms with Crippen LogP contribution in [-0.2, 0) is 14.3 Å². The van der Waals surface area contributed by atoms with Gasteiger partial charge in [0.2, 0.25) is 0 Å². The molecular weight excluding hydrogens is 253 g/mol. The zero-order valence-corrected chi connectivity index (χ0v) is 11.9. The molecule has 0 saturated carbocycles. The van der Waals surface area contributed by atoms with E-state index >= 15 is 0 Å². The third-order valence-corrected chi connectivity index (χ3v) is 2.94. The van der Waals surface area contributed by atoms with Crippen LogP contribution >= 0.6 is 0 Å². The molecule has 1 heterocycles. The van der Waals surface area contributed by atoms with E-state index < -0.39 is 23.8 Å². The number of hydrogen-bond donors (Lipinski definition) is 0. The fraction of sp³-hybridized carbons (Fsp3) is 0.846. The molecule has 0 aliphatic carbocycles. The van der Waals surface area contributed by atoms with E-state index in [4.69, 9.17) is 4.74 Å². The lowest BCUT2D eigenvalue weighted by Crippen LogP contribution is -2.41. The average Bonchev–Trinajstić information content (AvgIpc) is 2.73. The molecule has 1 aliphatic rings. The van der Waals surface area contributed by atoms with Gasteiger partial charge in [0.1, 0.15) is 5.60 Å². The Morgan fingerprint density at radius 1 is 1.42 bits per heavy atom. The van der Waals surface area contributed by atoms with E-state index in [1.807, 2.05) is 0 Å². The first-order chi connectivity index (χ1) is 8.74. The third kappa shape index (κ3) is 4.69. The maximum atomic E-state index is 13.6. The maximum Gasteiger partial charge on any atom is 0.410 e. The van der Waals surface area contributed by atoms with E-state index in [2.05, 4.69) is 4.74 Å². The smallest absolute Gasteiger partial charge is 0.410 e. The summed E-state index contributed by atoms with van der Waals surface area (Å²) < 4.78 is 23.2. The Hall–Kier alpha value is -1.33. The number of ether oxygens (including phenoxy) is 2. The zero-order valence-electron chi connectivity index (χ0n) is 11.9. The molecule has 110 valence electrons. The first-order valence-corrected chi connectivity index (χ1v) is 6.46. The van der Waals surface area contributed by atoms with Crippen molar-refractivity contribution < 1.29 is 23.5 Å². The minimum absolute atomic E-state index is 0.0358. The normalized spacial score (nSPS) is 21.1. The van der Waals surface area contributed by atoms with Crippen molar-refractivity contribution in [3.05, 3.63) is 0 Å². The van der Waals surface area contributed by atoms with Crippen molar-refractivity contribution in [3.63, 3.8) is 0 Å². The zero-order chi connectivity index (χ0) is 14.6. The van der Waals surface area contributed by atoms with E-state index in [9.17, 15) is 14.0 Å². The maximum absolute atomic E-state index is 13.6. The largest absolute Gasteiger partial charge is 0.467 e. The molecule has 1 unspecified atom stereocenters. The molecule has 6 heteroatoms. The van der Waals surface area contributed by atoms with Crippen LogP contribution in [0, 0.1) is 0 Å². The molecule has 0 spiro atoms. The molecule has 0 aromatic heterocycles. The van der Waals surface area contributed by atoms with E-state index in [-0.39, 0.29) is 12.5 Å². The van der Waals surface area contributed by atoms with E-state index in [1.165, 1.54) is 4.90 Å². The topological polar surface area (TPSA) is 55.8 Å². The van der Waals surface area contributed by atoms with Crippen LogP contribution in [0.4, 0.5) is 9.18 Å². The highest BCUT2D eigenvalue weighted by molar-refractivity contribution is 5.74. The van der Waals surface area contributed by atoms with Crippen LogP contribution in [0.1, 0.15) is 40.0 Å². The fourth-order valence-corrected chi connectivity index (χ4v) is 2.10. The van der Waals surface area contributed by atoms with Gasteiger partial charge in [-0.25, -0.2) is 14.0 Å². The van der Waals surface area contributed by atoms with Gasteiger partial charge in [-0.2, -0.15) is 0 Å². The van der Waals surface area contributed by atoms with Crippen LogP contribution in [0.5, 0.6) is 0 Å². The molecular formula is C13H22FNO4. The highest BCUT2D eigenvalue weighted by Crippen LogP contribution is 2.25. The van der Waals surface area contributed by atoms with Gasteiger partial charge in [0.15, 0.2) is 6.17 Å². The van der Waals surface area contributed by atoms with Gasteiger partial charge in [-0.15, -0.1) is 0 Å². The van der Waals surface area contributed by atoms with Gasteiger partial charge in [0, 0.05) is 19.0 Å². The second-order valence-electron chi connectivity index (χ2n) is 5.70. The van der Waals surface area contributed by atoms with Gasteiger partial charge in [0.05, 0.1) is 7.11 Å². The van der Waals surface area contributed by atoms with Gasteiger partial charge >= 0.3 is 12.1 Å². The number of rotatable bonds is 3. The van der Waals surface area contributed by atoms with Crippen LogP contribution in [0.2, 0.25) is 0 Å². The van der Waals surface area contributed by atoms with Gasteiger partial charge in [-0.05, 0) is 33.6 Å². The van der Waals surface area contributed by atoms with E-state index in [1.54, 1.807) is 20.8 Å². The summed E-state index contributed by atoms with van der Waals surface area (Å²) in [6, 6.07) is -0.302. The molecule has 19 heavy (non-hydrogen) atoms. The van der Waals surface area contributed by atoms with Crippen LogP contribution in [0.25, 0.3) is 0 Å². The molecule has 1 saturated heterocycles. The van der Waals surface area contributed by atoms with Crippen molar-refractivity contribution in [2.45, 2.75) is 57.8 Å². The second-order valence-corrected chi connectivity index (χ2v) is 5.70. The molecule has 0 aromatic rings. The van der Waals surface area contributed by atoms with Crippen LogP contribution in [0.15, 0.2) is 0 Å². The standard InChI is InChI=1S/C13H22FNO4/c1-13(2,3)19-12(17)15-7-5-6-9(15)8-10(14)11(16)18-4/h9-10H,5-8H2,1-4H3/t9-,10?/m0/s1. The summed E-state index contributed by atoms with van der Waals surface area (Å²) in [5.74, 6) is -0.893. The predicted octanol–water partition coefficient (Wildman–Crippen LogP) is 2.29. The predicted molar refractivity (Wildman–Crippen MR) is 67.5 cm³/mol. The summed E-state index contributed by atoms with van der Waals surface area (Å²) in [5.41, 5.74) is -0.582. The summed E-state index contributed by atoms with van der Waals surface area (Å²) >= 11 is 0. The van der Waals surface area contributed by atoms with Gasteiger partial charge in [0.25, 0.3) is 0 Å². The summed E-state index contributed by atoms with van der Waals surface area (Å²) in [6.07, 6.45) is -0.717. The first kappa shape index (κ1) is 15.7. The van der Waals surface area contributed by atoms with Crippen LogP contribution in [-0.4, -0.2) is 48.4 Å². The number of likely N-dealkylation sites (tertiary alicyclic amines) is 1. The number of halogens is 1. The second kappa shape index (κ2) is 6.21. The number of esters is 1. The molecule has 0 bridgehead atoms. The number of nitrogens with zero attached hydrogens (tertiary/aromatic N) is 1. The molecule has 1 amide bonds. The molecule has 1 aliphatic heterocycles. The number of methoxy groups -OCH3 is 1. The lowest BCUT2D eigenvalue weighted by molar-refractivity contribution is -0.147. The van der Waals surface area contributed by atoms with E-state index in [0.29, 0.717) is 13.0 Å². The summed E-state index contributed by atoms with van der Waals surface area (Å²) in [7, 11) is 1.15. The van der Waals surface area contributed by atoms with Gasteiger partial charge in [-0.1, -0.05) is 0 Å². The molecule has 1 rings (SSSR count). The van der Waals surface area contributed by atoms with Crippen molar-refractivity contribution in [2.24, 2.45) is 0 Å². The van der Waals surface area contributed by atoms with Crippen molar-refractivity contribution in [1.29, 1.82) is 0 Å². The first-order valence-electron chi connectivity index (χ1n) is 6.46. The number of carbonyl (C=O) groups is 2. The summed E-state index contributed by atoms with van der Waals surface area (Å²) in [4.78, 5) is 24.5. The van der Waals surface area contributed by atoms with Crippen molar-refractivity contribution in [1.82, 2.24) is 4.90 Å².